The van der Waals surface area contributed by atoms with Gasteiger partial charge in [-0.25, -0.2) is 0 Å². The largest absolute Gasteiger partial charge is 0.481 e. The summed E-state index contributed by atoms with van der Waals surface area (Å²) >= 11 is 0. The third kappa shape index (κ3) is 44.6. The number of rotatable bonds is 18. The molecule has 0 saturated heterocycles. The molecule has 0 heterocycles. The Hall–Kier alpha value is -0.690. The number of carboxylic acids is 1. The second-order valence-electron chi connectivity index (χ2n) is 7.25. The molecule has 0 aromatic carbocycles. The van der Waals surface area contributed by atoms with E-state index >= 15 is 0 Å². The maximum atomic E-state index is 10.3. The number of aliphatic carboxylic acids is 1. The fourth-order valence-electron chi connectivity index (χ4n) is 2.65. The molecule has 172 valence electrons. The Morgan fingerprint density at radius 3 is 1.00 bits per heavy atom. The van der Waals surface area contributed by atoms with Gasteiger partial charge in [0.25, 0.3) is 0 Å². The molecule has 28 heavy (non-hydrogen) atoms. The van der Waals surface area contributed by atoms with Gasteiger partial charge in [-0.2, -0.15) is 0 Å². The average Bonchev–Trinajstić information content (AvgIpc) is 2.71. The van der Waals surface area contributed by atoms with Crippen LogP contribution < -0.4 is 22.9 Å². The minimum atomic E-state index is -0.653. The number of nitrogens with two attached hydrogens (primary N) is 4. The van der Waals surface area contributed by atoms with E-state index in [9.17, 15) is 4.79 Å². The maximum absolute atomic E-state index is 10.3. The van der Waals surface area contributed by atoms with Gasteiger partial charge in [-0.05, 0) is 6.42 Å². The van der Waals surface area contributed by atoms with Crippen LogP contribution >= 0.6 is 0 Å². The maximum Gasteiger partial charge on any atom is 0.303 e. The molecule has 0 saturated carbocycles. The summed E-state index contributed by atoms with van der Waals surface area (Å²) in [6.07, 6.45) is 20.2. The predicted molar refractivity (Wildman–Crippen MR) is 123 cm³/mol. The lowest BCUT2D eigenvalue weighted by Gasteiger charge is -2.03. The molecule has 0 bridgehead atoms. The molecule has 0 atom stereocenters. The van der Waals surface area contributed by atoms with Gasteiger partial charge in [0.1, 0.15) is 0 Å². The van der Waals surface area contributed by atoms with Crippen LogP contribution in [-0.4, -0.2) is 37.3 Å². The quantitative estimate of drug-likeness (QED) is 0.217. The number of unbranched alkanes of at least 4 members (excludes halogenated alkanes) is 14. The number of carbonyl (C=O) groups is 1. The van der Waals surface area contributed by atoms with Crippen molar-refractivity contribution >= 4 is 5.97 Å². The van der Waals surface area contributed by atoms with Crippen molar-refractivity contribution in [3.63, 3.8) is 0 Å². The van der Waals surface area contributed by atoms with Gasteiger partial charge in [0.2, 0.25) is 0 Å². The van der Waals surface area contributed by atoms with E-state index in [1.165, 1.54) is 83.5 Å². The molecule has 6 heteroatoms. The summed E-state index contributed by atoms with van der Waals surface area (Å²) in [5, 5.41) is 8.52. The van der Waals surface area contributed by atoms with Crippen molar-refractivity contribution < 1.29 is 9.90 Å². The lowest BCUT2D eigenvalue weighted by molar-refractivity contribution is -0.137. The van der Waals surface area contributed by atoms with E-state index in [0.29, 0.717) is 32.6 Å². The second-order valence-corrected chi connectivity index (χ2v) is 7.25. The normalized spacial score (nSPS) is 9.89. The van der Waals surface area contributed by atoms with Crippen molar-refractivity contribution in [2.24, 2.45) is 22.9 Å². The van der Waals surface area contributed by atoms with Crippen LogP contribution in [0.25, 0.3) is 0 Å². The van der Waals surface area contributed by atoms with Crippen LogP contribution in [0.3, 0.4) is 0 Å². The molecule has 0 aromatic heterocycles. The molecule has 0 unspecified atom stereocenters. The number of hydrogen-bond acceptors (Lipinski definition) is 5. The summed E-state index contributed by atoms with van der Waals surface area (Å²) in [4.78, 5) is 10.3. The minimum Gasteiger partial charge on any atom is -0.481 e. The minimum absolute atomic E-state index is 0.345. The highest BCUT2D eigenvalue weighted by molar-refractivity contribution is 5.66. The van der Waals surface area contributed by atoms with E-state index in [0.717, 1.165) is 12.8 Å². The van der Waals surface area contributed by atoms with Gasteiger partial charge in [0.05, 0.1) is 0 Å². The third-order valence-electron chi connectivity index (χ3n) is 4.33. The molecule has 0 amide bonds. The molecular formula is C22H52N4O2. The van der Waals surface area contributed by atoms with Crippen LogP contribution in [-0.2, 0) is 4.79 Å². The van der Waals surface area contributed by atoms with Crippen LogP contribution in [0.15, 0.2) is 0 Å². The van der Waals surface area contributed by atoms with Gasteiger partial charge >= 0.3 is 5.97 Å². The lowest BCUT2D eigenvalue weighted by atomic mass is 10.0. The topological polar surface area (TPSA) is 141 Å². The van der Waals surface area contributed by atoms with Crippen molar-refractivity contribution in [2.45, 2.75) is 110 Å². The first kappa shape index (κ1) is 32.0. The zero-order chi connectivity index (χ0) is 21.7. The van der Waals surface area contributed by atoms with Gasteiger partial charge in [-0.15, -0.1) is 0 Å². The summed E-state index contributed by atoms with van der Waals surface area (Å²) in [6.45, 7) is 4.66. The summed E-state index contributed by atoms with van der Waals surface area (Å²) < 4.78 is 0. The van der Waals surface area contributed by atoms with E-state index in [1.54, 1.807) is 0 Å². The predicted octanol–water partition coefficient (Wildman–Crippen LogP) is 4.14. The highest BCUT2D eigenvalue weighted by Gasteiger charge is 1.97. The zero-order valence-corrected chi connectivity index (χ0v) is 18.8. The molecule has 0 aliphatic carbocycles. The van der Waals surface area contributed by atoms with Gasteiger partial charge in [0.15, 0.2) is 0 Å². The first-order chi connectivity index (χ1) is 13.6. The molecule has 0 spiro atoms. The van der Waals surface area contributed by atoms with Gasteiger partial charge in [-0.1, -0.05) is 96.8 Å². The molecule has 0 aliphatic rings. The van der Waals surface area contributed by atoms with Crippen molar-refractivity contribution in [1.82, 2.24) is 0 Å². The molecule has 6 nitrogen and oxygen atoms in total. The second kappa shape index (κ2) is 33.9. The summed E-state index contributed by atoms with van der Waals surface area (Å²) in [7, 11) is 0. The molecule has 0 radical (unpaired) electrons. The first-order valence-corrected chi connectivity index (χ1v) is 11.6. The highest BCUT2D eigenvalue weighted by Crippen LogP contribution is 2.13. The zero-order valence-electron chi connectivity index (χ0n) is 18.8. The molecule has 9 N–H and O–H groups in total. The van der Waals surface area contributed by atoms with Crippen molar-refractivity contribution in [3.8, 4) is 0 Å². The Bertz CT molecular complexity index is 259. The van der Waals surface area contributed by atoms with E-state index < -0.39 is 5.97 Å². The van der Waals surface area contributed by atoms with Crippen molar-refractivity contribution in [1.29, 1.82) is 0 Å². The Kier molecular flexibility index (Phi) is 38.7. The van der Waals surface area contributed by atoms with Crippen molar-refractivity contribution in [3.05, 3.63) is 0 Å². The van der Waals surface area contributed by atoms with Gasteiger partial charge < -0.3 is 28.0 Å². The fourth-order valence-corrected chi connectivity index (χ4v) is 2.65. The standard InChI is InChI=1S/C18H36O2.2C2H8N2/c1-2-3-4-5-6-7-8-9-10-11-12-13-14-15-16-17-18(19)20;2*3-1-2-4/h2-17H2,1H3,(H,19,20);2*1-4H2. The lowest BCUT2D eigenvalue weighted by Crippen LogP contribution is -2.11. The van der Waals surface area contributed by atoms with E-state index in [-0.39, 0.29) is 0 Å². The average molecular weight is 405 g/mol. The van der Waals surface area contributed by atoms with Gasteiger partial charge in [-0.3, -0.25) is 4.79 Å². The Labute approximate surface area is 175 Å². The van der Waals surface area contributed by atoms with Crippen molar-refractivity contribution in [2.75, 3.05) is 26.2 Å². The smallest absolute Gasteiger partial charge is 0.303 e. The number of hydrogen-bond donors (Lipinski definition) is 5. The van der Waals surface area contributed by atoms with Crippen LogP contribution in [0.1, 0.15) is 110 Å². The van der Waals surface area contributed by atoms with Crippen LogP contribution in [0.2, 0.25) is 0 Å². The van der Waals surface area contributed by atoms with E-state index in [2.05, 4.69) is 6.92 Å². The summed E-state index contributed by atoms with van der Waals surface area (Å²) in [5.41, 5.74) is 19.6. The van der Waals surface area contributed by atoms with Crippen LogP contribution in [0.5, 0.6) is 0 Å². The third-order valence-corrected chi connectivity index (χ3v) is 4.33. The molecular weight excluding hydrogens is 352 g/mol. The Balaban J connectivity index is -0.000000656. The Morgan fingerprint density at radius 2 is 0.786 bits per heavy atom. The van der Waals surface area contributed by atoms with Crippen LogP contribution in [0.4, 0.5) is 0 Å². The molecule has 0 fully saturated rings. The van der Waals surface area contributed by atoms with Crippen LogP contribution in [0, 0.1) is 0 Å². The fraction of sp³-hybridized carbons (Fsp3) is 0.955. The van der Waals surface area contributed by atoms with E-state index in [4.69, 9.17) is 28.0 Å². The first-order valence-electron chi connectivity index (χ1n) is 11.6. The molecule has 0 aromatic rings. The molecule has 0 aliphatic heterocycles. The van der Waals surface area contributed by atoms with Gasteiger partial charge in [0, 0.05) is 32.6 Å². The summed E-state index contributed by atoms with van der Waals surface area (Å²) in [5.74, 6) is -0.653. The monoisotopic (exact) mass is 404 g/mol. The SMILES string of the molecule is CCCCCCCCCCCCCCCCCC(=O)O.NCCN.NCCN. The molecule has 0 rings (SSSR count). The Morgan fingerprint density at radius 1 is 0.536 bits per heavy atom. The number of carboxylic acid groups (broad SMARTS) is 1. The highest BCUT2D eigenvalue weighted by atomic mass is 16.4. The summed E-state index contributed by atoms with van der Waals surface area (Å²) in [6, 6.07) is 0. The van der Waals surface area contributed by atoms with E-state index in [1.807, 2.05) is 0 Å².